The summed E-state index contributed by atoms with van der Waals surface area (Å²) in [6.07, 6.45) is 2.27. The molecule has 3 aliphatic rings. The summed E-state index contributed by atoms with van der Waals surface area (Å²) in [6.45, 7) is 3.17. The minimum Gasteiger partial charge on any atom is -0.345 e. The first-order valence-corrected chi connectivity index (χ1v) is 7.23. The highest BCUT2D eigenvalue weighted by atomic mass is 32.1. The molecule has 4 rings (SSSR count). The summed E-state index contributed by atoms with van der Waals surface area (Å²) >= 11 is 1.32. The van der Waals surface area contributed by atoms with E-state index >= 15 is 0 Å². The van der Waals surface area contributed by atoms with E-state index in [2.05, 4.69) is 10.2 Å². The first-order valence-electron chi connectivity index (χ1n) is 6.35. The quantitative estimate of drug-likeness (QED) is 0.658. The lowest BCUT2D eigenvalue weighted by molar-refractivity contribution is -0.119. The minimum absolute atomic E-state index is 0.156. The zero-order valence-electron chi connectivity index (χ0n) is 10.1. The van der Waals surface area contributed by atoms with Gasteiger partial charge in [0.15, 0.2) is 0 Å². The van der Waals surface area contributed by atoms with Crippen LogP contribution < -0.4 is 5.32 Å². The first-order chi connectivity index (χ1) is 8.74. The van der Waals surface area contributed by atoms with E-state index in [1.807, 2.05) is 5.38 Å². The lowest BCUT2D eigenvalue weighted by atomic mass is 9.84. The second kappa shape index (κ2) is 4.82. The Morgan fingerprint density at radius 1 is 1.33 bits per heavy atom. The van der Waals surface area contributed by atoms with Crippen LogP contribution in [-0.4, -0.2) is 42.3 Å². The number of amides is 1. The van der Waals surface area contributed by atoms with Crippen LogP contribution in [0.25, 0.3) is 0 Å². The van der Waals surface area contributed by atoms with Gasteiger partial charge >= 0.3 is 0 Å². The van der Waals surface area contributed by atoms with E-state index in [4.69, 9.17) is 0 Å². The molecule has 0 unspecified atom stereocenters. The maximum absolute atomic E-state index is 11.9. The molecule has 1 amide bonds. The van der Waals surface area contributed by atoms with Gasteiger partial charge in [-0.1, -0.05) is 6.07 Å². The molecule has 0 aliphatic carbocycles. The van der Waals surface area contributed by atoms with Crippen molar-refractivity contribution in [1.29, 1.82) is 0 Å². The zero-order valence-corrected chi connectivity index (χ0v) is 10.9. The number of carbonyl (C=O) groups is 2. The van der Waals surface area contributed by atoms with Gasteiger partial charge in [-0.2, -0.15) is 0 Å². The van der Waals surface area contributed by atoms with Gasteiger partial charge in [-0.05, 0) is 43.3 Å². The van der Waals surface area contributed by atoms with Gasteiger partial charge < -0.3 is 10.2 Å². The molecule has 3 fully saturated rings. The Bertz CT molecular complexity index is 450. The number of hydrogen-bond donors (Lipinski definition) is 1. The molecule has 96 valence electrons. The van der Waals surface area contributed by atoms with Crippen LogP contribution in [0, 0.1) is 5.92 Å². The molecule has 0 radical (unpaired) electrons. The van der Waals surface area contributed by atoms with Gasteiger partial charge in [0.2, 0.25) is 0 Å². The number of Topliss-reactive ketones (excluding diaryl/α,β-unsaturated/α-hetero) is 1. The topological polar surface area (TPSA) is 49.4 Å². The van der Waals surface area contributed by atoms with E-state index in [0.29, 0.717) is 10.8 Å². The van der Waals surface area contributed by atoms with E-state index in [9.17, 15) is 9.59 Å². The van der Waals surface area contributed by atoms with Crippen molar-refractivity contribution in [3.8, 4) is 0 Å². The molecule has 1 atom stereocenters. The van der Waals surface area contributed by atoms with Crippen molar-refractivity contribution in [2.75, 3.05) is 19.6 Å². The number of fused-ring (bicyclic) bond motifs is 3. The van der Waals surface area contributed by atoms with Crippen molar-refractivity contribution in [3.05, 3.63) is 22.4 Å². The van der Waals surface area contributed by atoms with E-state index in [1.54, 1.807) is 12.1 Å². The first kappa shape index (κ1) is 11.9. The van der Waals surface area contributed by atoms with Gasteiger partial charge in [0, 0.05) is 12.6 Å². The van der Waals surface area contributed by atoms with Gasteiger partial charge in [-0.3, -0.25) is 9.59 Å². The summed E-state index contributed by atoms with van der Waals surface area (Å²) < 4.78 is 0. The third kappa shape index (κ3) is 2.20. The average Bonchev–Trinajstić information content (AvgIpc) is 2.93. The Labute approximate surface area is 110 Å². The molecule has 1 N–H and O–H groups in total. The maximum atomic E-state index is 11.9. The second-order valence-corrected chi connectivity index (χ2v) is 5.97. The Kier molecular flexibility index (Phi) is 3.18. The summed E-state index contributed by atoms with van der Waals surface area (Å²) in [4.78, 5) is 26.7. The molecular weight excluding hydrogens is 248 g/mol. The fourth-order valence-electron chi connectivity index (χ4n) is 2.88. The summed E-state index contributed by atoms with van der Waals surface area (Å²) in [7, 11) is 0. The van der Waals surface area contributed by atoms with E-state index in [0.717, 1.165) is 32.5 Å². The molecule has 5 heteroatoms. The lowest BCUT2D eigenvalue weighted by Crippen LogP contribution is -2.58. The molecule has 0 saturated carbocycles. The number of nitrogens with one attached hydrogen (secondary N) is 1. The summed E-state index contributed by atoms with van der Waals surface area (Å²) in [5, 5.41) is 4.73. The van der Waals surface area contributed by atoms with Crippen LogP contribution >= 0.6 is 11.3 Å². The largest absolute Gasteiger partial charge is 0.345 e. The molecule has 0 aromatic carbocycles. The Morgan fingerprint density at radius 3 is 2.67 bits per heavy atom. The number of rotatable bonds is 3. The van der Waals surface area contributed by atoms with E-state index in [1.165, 1.54) is 11.3 Å². The predicted octanol–water partition coefficient (Wildman–Crippen LogP) is 1.14. The fraction of sp³-hybridized carbons (Fsp3) is 0.538. The lowest BCUT2D eigenvalue weighted by Gasteiger charge is -2.44. The highest BCUT2D eigenvalue weighted by molar-refractivity contribution is 7.13. The highest BCUT2D eigenvalue weighted by Crippen LogP contribution is 2.27. The molecule has 3 aliphatic heterocycles. The van der Waals surface area contributed by atoms with Crippen LogP contribution in [0.4, 0.5) is 0 Å². The number of piperidine rings is 3. The molecule has 18 heavy (non-hydrogen) atoms. The van der Waals surface area contributed by atoms with Crippen LogP contribution in [0.3, 0.4) is 0 Å². The maximum Gasteiger partial charge on any atom is 0.293 e. The summed E-state index contributed by atoms with van der Waals surface area (Å²) in [5.74, 6) is -0.298. The normalized spacial score (nSPS) is 30.1. The third-order valence-electron chi connectivity index (χ3n) is 3.92. The Hall–Kier alpha value is -1.20. The van der Waals surface area contributed by atoms with Gasteiger partial charge in [0.05, 0.1) is 4.88 Å². The SMILES string of the molecule is O=C(N[C@H]1CN2CCC1CC2)C(=O)c1cccs1. The molecule has 1 aromatic rings. The molecule has 2 bridgehead atoms. The van der Waals surface area contributed by atoms with Crippen molar-refractivity contribution in [3.63, 3.8) is 0 Å². The smallest absolute Gasteiger partial charge is 0.293 e. The molecule has 3 saturated heterocycles. The third-order valence-corrected chi connectivity index (χ3v) is 4.79. The molecule has 0 spiro atoms. The number of thiophene rings is 1. The number of hydrogen-bond acceptors (Lipinski definition) is 4. The Morgan fingerprint density at radius 2 is 2.11 bits per heavy atom. The average molecular weight is 264 g/mol. The van der Waals surface area contributed by atoms with Crippen molar-refractivity contribution in [1.82, 2.24) is 10.2 Å². The van der Waals surface area contributed by atoms with Crippen LogP contribution in [-0.2, 0) is 4.79 Å². The van der Waals surface area contributed by atoms with Crippen LogP contribution in [0.5, 0.6) is 0 Å². The van der Waals surface area contributed by atoms with Gasteiger partial charge in [0.1, 0.15) is 0 Å². The molecular formula is C13H16N2O2S. The predicted molar refractivity (Wildman–Crippen MR) is 69.7 cm³/mol. The summed E-state index contributed by atoms with van der Waals surface area (Å²) in [6, 6.07) is 3.65. The van der Waals surface area contributed by atoms with E-state index in [-0.39, 0.29) is 6.04 Å². The minimum atomic E-state index is -0.448. The van der Waals surface area contributed by atoms with Crippen LogP contribution in [0.2, 0.25) is 0 Å². The van der Waals surface area contributed by atoms with Gasteiger partial charge in [-0.25, -0.2) is 0 Å². The molecule has 4 nitrogen and oxygen atoms in total. The number of nitrogens with zero attached hydrogens (tertiary/aromatic N) is 1. The van der Waals surface area contributed by atoms with Gasteiger partial charge in [0.25, 0.3) is 11.7 Å². The van der Waals surface area contributed by atoms with E-state index < -0.39 is 11.7 Å². The van der Waals surface area contributed by atoms with Crippen LogP contribution in [0.15, 0.2) is 17.5 Å². The van der Waals surface area contributed by atoms with Crippen molar-refractivity contribution in [2.45, 2.75) is 18.9 Å². The van der Waals surface area contributed by atoms with Crippen molar-refractivity contribution in [2.24, 2.45) is 5.92 Å². The fourth-order valence-corrected chi connectivity index (χ4v) is 3.54. The number of ketones is 1. The van der Waals surface area contributed by atoms with Crippen molar-refractivity contribution >= 4 is 23.0 Å². The second-order valence-electron chi connectivity index (χ2n) is 5.02. The zero-order chi connectivity index (χ0) is 12.5. The standard InChI is InChI=1S/C13H16N2O2S/c16-12(11-2-1-7-18-11)13(17)14-10-8-15-5-3-9(10)4-6-15/h1-2,7,9-10H,3-6,8H2,(H,14,17)/t10-/m0/s1. The number of carbonyl (C=O) groups excluding carboxylic acids is 2. The van der Waals surface area contributed by atoms with Crippen LogP contribution in [0.1, 0.15) is 22.5 Å². The molecule has 1 aromatic heterocycles. The van der Waals surface area contributed by atoms with Crippen molar-refractivity contribution < 1.29 is 9.59 Å². The molecule has 4 heterocycles. The summed E-state index contributed by atoms with van der Waals surface area (Å²) in [5.41, 5.74) is 0. The highest BCUT2D eigenvalue weighted by Gasteiger charge is 2.35. The monoisotopic (exact) mass is 264 g/mol. The Balaban J connectivity index is 1.63. The van der Waals surface area contributed by atoms with Gasteiger partial charge in [-0.15, -0.1) is 11.3 Å².